The summed E-state index contributed by atoms with van der Waals surface area (Å²) >= 11 is 0. The Bertz CT molecular complexity index is 1030. The summed E-state index contributed by atoms with van der Waals surface area (Å²) in [6, 6.07) is 4.05. The quantitative estimate of drug-likeness (QED) is 0.420. The second-order valence-corrected chi connectivity index (χ2v) is 10.0. The van der Waals surface area contributed by atoms with Gasteiger partial charge in [0.15, 0.2) is 0 Å². The summed E-state index contributed by atoms with van der Waals surface area (Å²) in [6.45, 7) is 11.4. The van der Waals surface area contributed by atoms with Gasteiger partial charge >= 0.3 is 12.1 Å². The van der Waals surface area contributed by atoms with Gasteiger partial charge < -0.3 is 19.9 Å². The lowest BCUT2D eigenvalue weighted by atomic mass is 9.83. The first-order valence-corrected chi connectivity index (χ1v) is 12.0. The zero-order valence-corrected chi connectivity index (χ0v) is 20.9. The molecule has 3 rings (SSSR count). The molecule has 1 aromatic rings. The van der Waals surface area contributed by atoms with E-state index in [0.29, 0.717) is 37.2 Å². The molecule has 1 aromatic carbocycles. The normalized spacial score (nSPS) is 23.2. The van der Waals surface area contributed by atoms with Crippen LogP contribution in [-0.4, -0.2) is 51.7 Å². The number of carboxylic acids is 1. The van der Waals surface area contributed by atoms with Crippen LogP contribution in [0, 0.1) is 0 Å². The van der Waals surface area contributed by atoms with Crippen molar-refractivity contribution >= 4 is 23.9 Å². The van der Waals surface area contributed by atoms with Crippen LogP contribution in [0.3, 0.4) is 0 Å². The topological polar surface area (TPSA) is 118 Å². The third-order valence-electron chi connectivity index (χ3n) is 6.27. The van der Waals surface area contributed by atoms with E-state index in [-0.39, 0.29) is 23.9 Å². The molecule has 2 heterocycles. The Morgan fingerprint density at radius 3 is 2.77 bits per heavy atom. The molecule has 2 aliphatic heterocycles. The molecule has 1 unspecified atom stereocenters. The van der Waals surface area contributed by atoms with E-state index in [1.54, 1.807) is 26.8 Å². The van der Waals surface area contributed by atoms with Gasteiger partial charge in [-0.3, -0.25) is 9.69 Å². The summed E-state index contributed by atoms with van der Waals surface area (Å²) in [4.78, 5) is 43.7. The van der Waals surface area contributed by atoms with Gasteiger partial charge in [-0.1, -0.05) is 13.0 Å². The SMILES string of the molecule is C=CCCCC1(CC)CC(=O)N([C@@H]2CCOc3ccc(C(=O)O)cc32)/C(=N/C(=O)OC(C)(C)C)N1. The van der Waals surface area contributed by atoms with Crippen molar-refractivity contribution in [2.45, 2.75) is 83.4 Å². The first kappa shape index (κ1) is 26.2. The maximum atomic E-state index is 13.7. The molecular formula is C26H35N3O6. The van der Waals surface area contributed by atoms with E-state index in [4.69, 9.17) is 9.47 Å². The van der Waals surface area contributed by atoms with Crippen molar-refractivity contribution < 1.29 is 29.0 Å². The molecule has 2 aliphatic rings. The van der Waals surface area contributed by atoms with Gasteiger partial charge in [-0.05, 0) is 64.7 Å². The van der Waals surface area contributed by atoms with Crippen LogP contribution in [-0.2, 0) is 9.53 Å². The summed E-state index contributed by atoms with van der Waals surface area (Å²) in [6.07, 6.45) is 4.69. The summed E-state index contributed by atoms with van der Waals surface area (Å²) < 4.78 is 11.1. The maximum Gasteiger partial charge on any atom is 0.437 e. The Balaban J connectivity index is 2.05. The zero-order valence-electron chi connectivity index (χ0n) is 20.9. The van der Waals surface area contributed by atoms with Gasteiger partial charge in [0.05, 0.1) is 24.6 Å². The number of amides is 2. The molecule has 35 heavy (non-hydrogen) atoms. The molecular weight excluding hydrogens is 450 g/mol. The van der Waals surface area contributed by atoms with Crippen molar-refractivity contribution in [2.75, 3.05) is 6.61 Å². The van der Waals surface area contributed by atoms with E-state index in [2.05, 4.69) is 16.9 Å². The van der Waals surface area contributed by atoms with Crippen molar-refractivity contribution in [3.05, 3.63) is 42.0 Å². The number of carbonyl (C=O) groups excluding carboxylic acids is 2. The molecule has 2 atom stereocenters. The van der Waals surface area contributed by atoms with E-state index < -0.39 is 29.2 Å². The lowest BCUT2D eigenvalue weighted by Crippen LogP contribution is -2.63. The number of carbonyl (C=O) groups is 3. The number of allylic oxidation sites excluding steroid dienone is 1. The molecule has 0 aromatic heterocycles. The number of rotatable bonds is 7. The number of hydrogen-bond donors (Lipinski definition) is 2. The van der Waals surface area contributed by atoms with Crippen LogP contribution >= 0.6 is 0 Å². The molecule has 9 nitrogen and oxygen atoms in total. The second kappa shape index (κ2) is 10.5. The number of nitrogens with zero attached hydrogens (tertiary/aromatic N) is 2. The lowest BCUT2D eigenvalue weighted by molar-refractivity contribution is -0.133. The minimum atomic E-state index is -1.07. The number of unbranched alkanes of at least 4 members (excludes halogenated alkanes) is 1. The summed E-state index contributed by atoms with van der Waals surface area (Å²) in [7, 11) is 0. The highest BCUT2D eigenvalue weighted by Crippen LogP contribution is 2.40. The number of aromatic carboxylic acids is 1. The fraction of sp³-hybridized carbons (Fsp3) is 0.538. The van der Waals surface area contributed by atoms with Crippen molar-refractivity contribution in [1.82, 2.24) is 10.2 Å². The summed E-state index contributed by atoms with van der Waals surface area (Å²) in [5.41, 5.74) is -0.652. The molecule has 1 saturated heterocycles. The Labute approximate surface area is 206 Å². The number of nitrogens with one attached hydrogen (secondary N) is 1. The van der Waals surface area contributed by atoms with Crippen LogP contribution in [0.2, 0.25) is 0 Å². The molecule has 0 aliphatic carbocycles. The van der Waals surface area contributed by atoms with Crippen LogP contribution in [0.5, 0.6) is 5.75 Å². The minimum absolute atomic E-state index is 0.0922. The van der Waals surface area contributed by atoms with E-state index >= 15 is 0 Å². The Morgan fingerprint density at radius 1 is 1.40 bits per heavy atom. The summed E-state index contributed by atoms with van der Waals surface area (Å²) in [5, 5.41) is 12.9. The van der Waals surface area contributed by atoms with Crippen LogP contribution < -0.4 is 10.1 Å². The van der Waals surface area contributed by atoms with Gasteiger partial charge in [0.2, 0.25) is 11.9 Å². The molecule has 1 fully saturated rings. The molecule has 0 radical (unpaired) electrons. The standard InChI is InChI=1S/C26H35N3O6/c1-6-8-9-13-26(7-2)16-21(30)29(23(28-26)27-24(33)35-25(3,4)5)19-12-14-34-20-11-10-17(22(31)32)15-18(19)20/h6,10-11,15,19H,1,7-9,12-14,16H2,2-5H3,(H,31,32)(H,27,28,33)/t19-,26?/m1/s1. The highest BCUT2D eigenvalue weighted by molar-refractivity contribution is 6.04. The molecule has 2 amide bonds. The Morgan fingerprint density at radius 2 is 2.14 bits per heavy atom. The fourth-order valence-electron chi connectivity index (χ4n) is 4.51. The number of fused-ring (bicyclic) bond motifs is 1. The first-order valence-electron chi connectivity index (χ1n) is 12.0. The van der Waals surface area contributed by atoms with Crippen molar-refractivity contribution in [3.8, 4) is 5.75 Å². The molecule has 0 bridgehead atoms. The van der Waals surface area contributed by atoms with E-state index in [1.165, 1.54) is 17.0 Å². The maximum absolute atomic E-state index is 13.7. The van der Waals surface area contributed by atoms with Gasteiger partial charge in [0, 0.05) is 17.5 Å². The van der Waals surface area contributed by atoms with Crippen molar-refractivity contribution in [3.63, 3.8) is 0 Å². The smallest absolute Gasteiger partial charge is 0.437 e. The van der Waals surface area contributed by atoms with Crippen LogP contribution in [0.4, 0.5) is 4.79 Å². The monoisotopic (exact) mass is 485 g/mol. The predicted octanol–water partition coefficient (Wildman–Crippen LogP) is 4.83. The first-order chi connectivity index (χ1) is 16.5. The predicted molar refractivity (Wildman–Crippen MR) is 132 cm³/mol. The molecule has 0 spiro atoms. The van der Waals surface area contributed by atoms with Gasteiger partial charge in [0.1, 0.15) is 11.4 Å². The third-order valence-corrected chi connectivity index (χ3v) is 6.27. The second-order valence-electron chi connectivity index (χ2n) is 10.0. The van der Waals surface area contributed by atoms with Crippen LogP contribution in [0.25, 0.3) is 0 Å². The molecule has 0 saturated carbocycles. The van der Waals surface area contributed by atoms with E-state index in [9.17, 15) is 19.5 Å². The van der Waals surface area contributed by atoms with Crippen LogP contribution in [0.15, 0.2) is 35.8 Å². The van der Waals surface area contributed by atoms with Crippen molar-refractivity contribution in [1.29, 1.82) is 0 Å². The minimum Gasteiger partial charge on any atom is -0.493 e. The van der Waals surface area contributed by atoms with Crippen molar-refractivity contribution in [2.24, 2.45) is 4.99 Å². The number of benzene rings is 1. The van der Waals surface area contributed by atoms with Crippen LogP contribution in [0.1, 0.15) is 88.2 Å². The molecule has 9 heteroatoms. The van der Waals surface area contributed by atoms with Gasteiger partial charge in [-0.15, -0.1) is 11.6 Å². The number of carboxylic acid groups (broad SMARTS) is 1. The Kier molecular flexibility index (Phi) is 7.87. The van der Waals surface area contributed by atoms with Gasteiger partial charge in [-0.25, -0.2) is 9.59 Å². The molecule has 190 valence electrons. The lowest BCUT2D eigenvalue weighted by Gasteiger charge is -2.46. The van der Waals surface area contributed by atoms with Gasteiger partial charge in [-0.2, -0.15) is 0 Å². The zero-order chi connectivity index (χ0) is 25.8. The number of guanidine groups is 1. The Hall–Kier alpha value is -3.36. The number of aliphatic imine (C=N–C) groups is 1. The summed E-state index contributed by atoms with van der Waals surface area (Å²) in [5.74, 6) is -0.635. The largest absolute Gasteiger partial charge is 0.493 e. The highest BCUT2D eigenvalue weighted by Gasteiger charge is 2.45. The average molecular weight is 486 g/mol. The number of hydrogen-bond acceptors (Lipinski definition) is 5. The van der Waals surface area contributed by atoms with E-state index in [0.717, 1.165) is 12.8 Å². The van der Waals surface area contributed by atoms with E-state index in [1.807, 2.05) is 13.0 Å². The fourth-order valence-corrected chi connectivity index (χ4v) is 4.51. The third kappa shape index (κ3) is 6.21. The van der Waals surface area contributed by atoms with Gasteiger partial charge in [0.25, 0.3) is 0 Å². The molecule has 2 N–H and O–H groups in total. The highest BCUT2D eigenvalue weighted by atomic mass is 16.6. The number of ether oxygens (including phenoxy) is 2. The average Bonchev–Trinajstić information content (AvgIpc) is 2.77.